The van der Waals surface area contributed by atoms with Crippen molar-refractivity contribution in [3.05, 3.63) is 46.9 Å². The van der Waals surface area contributed by atoms with E-state index < -0.39 is 29.4 Å². The van der Waals surface area contributed by atoms with Gasteiger partial charge in [-0.3, -0.25) is 0 Å². The summed E-state index contributed by atoms with van der Waals surface area (Å²) in [5.74, 6) is -0.444. The summed E-state index contributed by atoms with van der Waals surface area (Å²) in [4.78, 5) is 11.6. The van der Waals surface area contributed by atoms with Crippen LogP contribution < -0.4 is 15.8 Å². The third-order valence-corrected chi connectivity index (χ3v) is 5.09. The largest absolute Gasteiger partial charge is 0.491 e. The number of benzene rings is 1. The highest BCUT2D eigenvalue weighted by Crippen LogP contribution is 2.40. The summed E-state index contributed by atoms with van der Waals surface area (Å²) in [6.45, 7) is 1.40. The number of halogens is 6. The van der Waals surface area contributed by atoms with Gasteiger partial charge in [-0.05, 0) is 49.6 Å². The van der Waals surface area contributed by atoms with Gasteiger partial charge in [0.15, 0.2) is 0 Å². The maximum absolute atomic E-state index is 13.7. The zero-order valence-electron chi connectivity index (χ0n) is 18.4. The fraction of sp³-hybridized carbons (Fsp3) is 0.409. The van der Waals surface area contributed by atoms with Crippen LogP contribution in [0.15, 0.2) is 24.3 Å². The number of nitrogen functional groups attached to an aromatic ring is 1. The van der Waals surface area contributed by atoms with Gasteiger partial charge in [0.05, 0.1) is 23.8 Å². The fourth-order valence-electron chi connectivity index (χ4n) is 3.39. The molecule has 3 aromatic rings. The van der Waals surface area contributed by atoms with Gasteiger partial charge in [-0.2, -0.15) is 26.3 Å². The van der Waals surface area contributed by atoms with Gasteiger partial charge in [0.25, 0.3) is 0 Å². The minimum absolute atomic E-state index is 0.000807. The second-order valence-corrected chi connectivity index (χ2v) is 8.04. The first kappa shape index (κ1) is 24.8. The summed E-state index contributed by atoms with van der Waals surface area (Å²) in [6.07, 6.45) is -7.42. The Labute approximate surface area is 195 Å². The van der Waals surface area contributed by atoms with Crippen molar-refractivity contribution in [1.29, 1.82) is 0 Å². The first-order chi connectivity index (χ1) is 16.4. The maximum Gasteiger partial charge on any atom is 0.433 e. The average Bonchev–Trinajstić information content (AvgIpc) is 3.57. The molecule has 13 heteroatoms. The number of nitrogens with two attached hydrogens (primary N) is 1. The minimum Gasteiger partial charge on any atom is -0.491 e. The number of anilines is 2. The van der Waals surface area contributed by atoms with E-state index in [2.05, 4.69) is 20.3 Å². The molecule has 0 spiro atoms. The zero-order chi connectivity index (χ0) is 25.4. The molecule has 0 amide bonds. The van der Waals surface area contributed by atoms with Crippen molar-refractivity contribution in [2.24, 2.45) is 0 Å². The van der Waals surface area contributed by atoms with Crippen molar-refractivity contribution in [3.8, 4) is 5.75 Å². The van der Waals surface area contributed by atoms with Crippen LogP contribution in [0, 0.1) is 6.92 Å². The Hall–Kier alpha value is -3.35. The topological polar surface area (TPSA) is 95.2 Å². The van der Waals surface area contributed by atoms with Gasteiger partial charge in [-0.25, -0.2) is 15.0 Å². The van der Waals surface area contributed by atoms with Crippen LogP contribution >= 0.6 is 0 Å². The van der Waals surface area contributed by atoms with Crippen molar-refractivity contribution < 1.29 is 35.8 Å². The zero-order valence-corrected chi connectivity index (χ0v) is 18.4. The molecular formula is C22H21F6N5O2. The average molecular weight is 501 g/mol. The Morgan fingerprint density at radius 3 is 2.37 bits per heavy atom. The number of hydrogen-bond acceptors (Lipinski definition) is 7. The molecule has 2 aromatic heterocycles. The summed E-state index contributed by atoms with van der Waals surface area (Å²) in [6, 6.07) is 4.11. The molecule has 0 unspecified atom stereocenters. The van der Waals surface area contributed by atoms with Gasteiger partial charge in [-0.15, -0.1) is 0 Å². The highest BCUT2D eigenvalue weighted by atomic mass is 19.4. The molecule has 1 fully saturated rings. The number of aromatic nitrogens is 3. The molecule has 1 aliphatic rings. The van der Waals surface area contributed by atoms with Crippen molar-refractivity contribution in [2.45, 2.75) is 44.8 Å². The van der Waals surface area contributed by atoms with E-state index in [0.717, 1.165) is 25.0 Å². The number of ether oxygens (including phenoxy) is 2. The Morgan fingerprint density at radius 1 is 0.971 bits per heavy atom. The lowest BCUT2D eigenvalue weighted by Gasteiger charge is -2.17. The molecule has 2 heterocycles. The third-order valence-electron chi connectivity index (χ3n) is 5.09. The summed E-state index contributed by atoms with van der Waals surface area (Å²) in [5.41, 5.74) is 3.50. The molecule has 1 aliphatic carbocycles. The Morgan fingerprint density at radius 2 is 1.71 bits per heavy atom. The van der Waals surface area contributed by atoms with E-state index in [4.69, 9.17) is 15.2 Å². The SMILES string of the molecule is Cc1nc(NCc2cc(N)nc(C(F)(F)F)c2)c2cc(OCCOC3CC3)c(C(F)(F)F)cc2n1. The maximum atomic E-state index is 13.7. The van der Waals surface area contributed by atoms with Gasteiger partial charge in [0.1, 0.15) is 35.5 Å². The number of alkyl halides is 6. The highest BCUT2D eigenvalue weighted by Gasteiger charge is 2.36. The molecule has 188 valence electrons. The Balaban J connectivity index is 1.64. The van der Waals surface area contributed by atoms with Crippen LogP contribution in [0.5, 0.6) is 5.75 Å². The number of fused-ring (bicyclic) bond motifs is 1. The predicted molar refractivity (Wildman–Crippen MR) is 115 cm³/mol. The molecule has 0 saturated heterocycles. The monoisotopic (exact) mass is 501 g/mol. The van der Waals surface area contributed by atoms with Crippen LogP contribution in [-0.2, 0) is 23.6 Å². The van der Waals surface area contributed by atoms with Gasteiger partial charge >= 0.3 is 12.4 Å². The van der Waals surface area contributed by atoms with E-state index in [1.165, 1.54) is 19.1 Å². The van der Waals surface area contributed by atoms with Crippen LogP contribution in [-0.4, -0.2) is 34.3 Å². The number of nitrogens with zero attached hydrogens (tertiary/aromatic N) is 3. The van der Waals surface area contributed by atoms with E-state index in [1.807, 2.05) is 0 Å². The van der Waals surface area contributed by atoms with E-state index in [-0.39, 0.29) is 59.8 Å². The summed E-state index contributed by atoms with van der Waals surface area (Å²) in [7, 11) is 0. The highest BCUT2D eigenvalue weighted by molar-refractivity contribution is 5.91. The van der Waals surface area contributed by atoms with Crippen LogP contribution in [0.1, 0.15) is 35.5 Å². The van der Waals surface area contributed by atoms with Crippen LogP contribution in [0.2, 0.25) is 0 Å². The molecule has 4 rings (SSSR count). The van der Waals surface area contributed by atoms with Gasteiger partial charge in [0, 0.05) is 11.9 Å². The van der Waals surface area contributed by atoms with Crippen LogP contribution in [0.25, 0.3) is 10.9 Å². The predicted octanol–water partition coefficient (Wildman–Crippen LogP) is 5.12. The van der Waals surface area contributed by atoms with Crippen molar-refractivity contribution >= 4 is 22.5 Å². The van der Waals surface area contributed by atoms with E-state index >= 15 is 0 Å². The lowest BCUT2D eigenvalue weighted by Crippen LogP contribution is -2.14. The first-order valence-corrected chi connectivity index (χ1v) is 10.6. The standard InChI is InChI=1S/C22H21F6N5O2/c1-11-31-16-9-15(21(23,24)25)17(35-5-4-34-13-2-3-13)8-14(16)20(32-11)30-10-12-6-18(22(26,27)28)33-19(29)7-12/h6-9,13H,2-5,10H2,1H3,(H2,29,33)(H,30,31,32). The van der Waals surface area contributed by atoms with Crippen LogP contribution in [0.3, 0.4) is 0 Å². The second kappa shape index (κ2) is 9.36. The molecule has 1 saturated carbocycles. The Kier molecular flexibility index (Phi) is 6.62. The van der Waals surface area contributed by atoms with Gasteiger partial charge in [-0.1, -0.05) is 0 Å². The number of pyridine rings is 1. The second-order valence-electron chi connectivity index (χ2n) is 8.04. The molecular weight excluding hydrogens is 480 g/mol. The van der Waals surface area contributed by atoms with E-state index in [1.54, 1.807) is 0 Å². The van der Waals surface area contributed by atoms with Crippen molar-refractivity contribution in [2.75, 3.05) is 24.3 Å². The molecule has 1 aromatic carbocycles. The first-order valence-electron chi connectivity index (χ1n) is 10.6. The lowest BCUT2D eigenvalue weighted by atomic mass is 10.1. The number of rotatable bonds is 8. The third kappa shape index (κ3) is 6.21. The number of nitrogens with one attached hydrogen (secondary N) is 1. The molecule has 3 N–H and O–H groups in total. The molecule has 0 atom stereocenters. The molecule has 7 nitrogen and oxygen atoms in total. The van der Waals surface area contributed by atoms with Crippen LogP contribution in [0.4, 0.5) is 38.0 Å². The smallest absolute Gasteiger partial charge is 0.433 e. The normalized spacial score (nSPS) is 14.4. The van der Waals surface area contributed by atoms with Crippen molar-refractivity contribution in [1.82, 2.24) is 15.0 Å². The fourth-order valence-corrected chi connectivity index (χ4v) is 3.39. The molecule has 0 bridgehead atoms. The summed E-state index contributed by atoms with van der Waals surface area (Å²) in [5, 5.41) is 3.07. The van der Waals surface area contributed by atoms with Gasteiger partial charge in [0.2, 0.25) is 0 Å². The lowest BCUT2D eigenvalue weighted by molar-refractivity contribution is -0.141. The minimum atomic E-state index is -4.70. The van der Waals surface area contributed by atoms with Crippen molar-refractivity contribution in [3.63, 3.8) is 0 Å². The van der Waals surface area contributed by atoms with Gasteiger partial charge < -0.3 is 20.5 Å². The Bertz CT molecular complexity index is 1230. The summed E-state index contributed by atoms with van der Waals surface area (Å²) < 4.78 is 91.0. The quantitative estimate of drug-likeness (QED) is 0.327. The molecule has 35 heavy (non-hydrogen) atoms. The molecule has 0 aliphatic heterocycles. The summed E-state index contributed by atoms with van der Waals surface area (Å²) >= 11 is 0. The number of hydrogen-bond donors (Lipinski definition) is 2. The van der Waals surface area contributed by atoms with E-state index in [0.29, 0.717) is 0 Å². The van der Waals surface area contributed by atoms with E-state index in [9.17, 15) is 26.3 Å². The number of aryl methyl sites for hydroxylation is 1. The molecule has 0 radical (unpaired) electrons.